The quantitative estimate of drug-likeness (QED) is 0.451. The van der Waals surface area contributed by atoms with E-state index >= 15 is 0 Å². The zero-order chi connectivity index (χ0) is 21.9. The average molecular weight is 449 g/mol. The molecule has 0 aromatic heterocycles. The van der Waals surface area contributed by atoms with Crippen LogP contribution in [-0.2, 0) is 22.6 Å². The van der Waals surface area contributed by atoms with Crippen LogP contribution in [0.5, 0.6) is 0 Å². The fourth-order valence-corrected chi connectivity index (χ4v) is 3.62. The molecule has 0 fully saturated rings. The van der Waals surface area contributed by atoms with Crippen molar-refractivity contribution in [2.24, 2.45) is 0 Å². The largest absolute Gasteiger partial charge is 0.354 e. The van der Waals surface area contributed by atoms with Crippen LogP contribution in [0.1, 0.15) is 50.7 Å². The predicted octanol–water partition coefficient (Wildman–Crippen LogP) is 5.65. The van der Waals surface area contributed by atoms with Gasteiger partial charge in [-0.25, -0.2) is 0 Å². The summed E-state index contributed by atoms with van der Waals surface area (Å²) in [6.07, 6.45) is 3.42. The Morgan fingerprint density at radius 3 is 2.37 bits per heavy atom. The van der Waals surface area contributed by atoms with Crippen molar-refractivity contribution < 1.29 is 9.59 Å². The summed E-state index contributed by atoms with van der Waals surface area (Å²) < 4.78 is 0. The third kappa shape index (κ3) is 7.33. The van der Waals surface area contributed by atoms with Gasteiger partial charge in [-0.05, 0) is 42.5 Å². The number of unbranched alkanes of at least 4 members (excludes halogenated alkanes) is 1. The molecule has 162 valence electrons. The fraction of sp³-hybridized carbons (Fsp3) is 0.417. The van der Waals surface area contributed by atoms with Crippen molar-refractivity contribution in [1.82, 2.24) is 10.2 Å². The Hall–Kier alpha value is -2.04. The molecule has 0 radical (unpaired) electrons. The molecule has 0 unspecified atom stereocenters. The van der Waals surface area contributed by atoms with Gasteiger partial charge in [0.25, 0.3) is 0 Å². The third-order valence-corrected chi connectivity index (χ3v) is 5.76. The molecule has 1 atom stereocenters. The van der Waals surface area contributed by atoms with Gasteiger partial charge in [0.05, 0.1) is 10.0 Å². The minimum atomic E-state index is -0.528. The van der Waals surface area contributed by atoms with E-state index in [2.05, 4.69) is 12.2 Å². The van der Waals surface area contributed by atoms with Gasteiger partial charge in [-0.1, -0.05) is 79.9 Å². The lowest BCUT2D eigenvalue weighted by atomic mass is 10.1. The molecule has 2 amide bonds. The minimum absolute atomic E-state index is 0.0533. The third-order valence-electron chi connectivity index (χ3n) is 5.02. The molecule has 2 rings (SSSR count). The molecule has 30 heavy (non-hydrogen) atoms. The van der Waals surface area contributed by atoms with Gasteiger partial charge in [-0.2, -0.15) is 0 Å². The molecular weight excluding hydrogens is 419 g/mol. The Balaban J connectivity index is 2.19. The highest BCUT2D eigenvalue weighted by Crippen LogP contribution is 2.24. The lowest BCUT2D eigenvalue weighted by Gasteiger charge is -2.31. The van der Waals surface area contributed by atoms with Gasteiger partial charge in [0.1, 0.15) is 6.04 Å². The van der Waals surface area contributed by atoms with E-state index in [1.54, 1.807) is 17.0 Å². The summed E-state index contributed by atoms with van der Waals surface area (Å²) in [6.45, 7) is 4.93. The molecule has 0 aliphatic heterocycles. The Morgan fingerprint density at radius 1 is 1.00 bits per heavy atom. The maximum absolute atomic E-state index is 13.2. The first kappa shape index (κ1) is 24.2. The van der Waals surface area contributed by atoms with Crippen LogP contribution in [0, 0.1) is 0 Å². The van der Waals surface area contributed by atoms with Gasteiger partial charge in [0.15, 0.2) is 0 Å². The van der Waals surface area contributed by atoms with Crippen molar-refractivity contribution in [1.29, 1.82) is 0 Å². The lowest BCUT2D eigenvalue weighted by Crippen LogP contribution is -2.49. The van der Waals surface area contributed by atoms with Crippen molar-refractivity contribution in [2.45, 2.75) is 58.5 Å². The second kappa shape index (κ2) is 12.6. The number of carbonyl (C=O) groups is 2. The Morgan fingerprint density at radius 2 is 1.73 bits per heavy atom. The molecule has 0 aliphatic carbocycles. The van der Waals surface area contributed by atoms with Crippen LogP contribution in [0.4, 0.5) is 0 Å². The van der Waals surface area contributed by atoms with E-state index in [0.29, 0.717) is 42.4 Å². The highest BCUT2D eigenvalue weighted by molar-refractivity contribution is 6.42. The number of carbonyl (C=O) groups excluding carboxylic acids is 2. The number of nitrogens with zero attached hydrogens (tertiary/aromatic N) is 1. The van der Waals surface area contributed by atoms with Crippen LogP contribution < -0.4 is 5.32 Å². The highest BCUT2D eigenvalue weighted by Gasteiger charge is 2.28. The molecule has 0 heterocycles. The normalized spacial score (nSPS) is 11.7. The lowest BCUT2D eigenvalue weighted by molar-refractivity contribution is -0.141. The van der Waals surface area contributed by atoms with E-state index in [1.807, 2.05) is 43.3 Å². The summed E-state index contributed by atoms with van der Waals surface area (Å²) in [5, 5.41) is 3.87. The molecule has 0 aliphatic rings. The minimum Gasteiger partial charge on any atom is -0.354 e. The van der Waals surface area contributed by atoms with Crippen molar-refractivity contribution in [3.05, 3.63) is 69.7 Å². The number of benzene rings is 2. The van der Waals surface area contributed by atoms with Crippen molar-refractivity contribution >= 4 is 35.0 Å². The van der Waals surface area contributed by atoms with Crippen molar-refractivity contribution in [3.63, 3.8) is 0 Å². The van der Waals surface area contributed by atoms with Crippen LogP contribution >= 0.6 is 23.2 Å². The molecule has 0 spiro atoms. The van der Waals surface area contributed by atoms with E-state index in [1.165, 1.54) is 0 Å². The number of aryl methyl sites for hydroxylation is 1. The van der Waals surface area contributed by atoms with Crippen LogP contribution in [-0.4, -0.2) is 29.3 Å². The Bertz CT molecular complexity index is 827. The van der Waals surface area contributed by atoms with E-state index in [4.69, 9.17) is 23.2 Å². The summed E-state index contributed by atoms with van der Waals surface area (Å²) >= 11 is 12.2. The average Bonchev–Trinajstić information content (AvgIpc) is 2.75. The van der Waals surface area contributed by atoms with Crippen LogP contribution in [0.3, 0.4) is 0 Å². The van der Waals surface area contributed by atoms with Gasteiger partial charge in [0, 0.05) is 19.5 Å². The Labute approximate surface area is 189 Å². The molecule has 0 saturated carbocycles. The molecule has 2 aromatic carbocycles. The number of nitrogens with one attached hydrogen (secondary N) is 1. The Kier molecular flexibility index (Phi) is 10.2. The summed E-state index contributed by atoms with van der Waals surface area (Å²) in [5.41, 5.74) is 1.94. The molecule has 0 saturated heterocycles. The fourth-order valence-electron chi connectivity index (χ4n) is 3.30. The van der Waals surface area contributed by atoms with E-state index in [-0.39, 0.29) is 11.8 Å². The number of halogens is 2. The molecule has 2 aromatic rings. The first-order valence-corrected chi connectivity index (χ1v) is 11.3. The first-order chi connectivity index (χ1) is 14.5. The van der Waals surface area contributed by atoms with Crippen molar-refractivity contribution in [3.8, 4) is 0 Å². The van der Waals surface area contributed by atoms with E-state index in [9.17, 15) is 9.59 Å². The number of rotatable bonds is 11. The summed E-state index contributed by atoms with van der Waals surface area (Å²) in [6, 6.07) is 14.7. The molecular formula is C24H30Cl2N2O2. The van der Waals surface area contributed by atoms with Gasteiger partial charge < -0.3 is 10.2 Å². The maximum atomic E-state index is 13.2. The van der Waals surface area contributed by atoms with Gasteiger partial charge >= 0.3 is 0 Å². The topological polar surface area (TPSA) is 49.4 Å². The predicted molar refractivity (Wildman–Crippen MR) is 124 cm³/mol. The summed E-state index contributed by atoms with van der Waals surface area (Å²) in [5.74, 6) is -0.165. The summed E-state index contributed by atoms with van der Waals surface area (Å²) in [4.78, 5) is 27.7. The second-order valence-electron chi connectivity index (χ2n) is 7.32. The van der Waals surface area contributed by atoms with E-state index < -0.39 is 6.04 Å². The zero-order valence-electron chi connectivity index (χ0n) is 17.7. The SMILES string of the molecule is CCCCNC(=O)[C@@H](CC)N(Cc1ccc(Cl)c(Cl)c1)C(=O)CCc1ccccc1. The van der Waals surface area contributed by atoms with Gasteiger partial charge in [0.2, 0.25) is 11.8 Å². The maximum Gasteiger partial charge on any atom is 0.242 e. The standard InChI is InChI=1S/C24H30Cl2N2O2/c1-3-5-15-27-24(30)22(4-2)28(17-19-11-13-20(25)21(26)16-19)23(29)14-12-18-9-7-6-8-10-18/h6-11,13,16,22H,3-5,12,14-15,17H2,1-2H3,(H,27,30)/t22-/m1/s1. The van der Waals surface area contributed by atoms with E-state index in [0.717, 1.165) is 24.0 Å². The van der Waals surface area contributed by atoms with Gasteiger partial charge in [-0.15, -0.1) is 0 Å². The molecule has 6 heteroatoms. The van der Waals surface area contributed by atoms with Crippen LogP contribution in [0.2, 0.25) is 10.0 Å². The molecule has 0 bridgehead atoms. The summed E-state index contributed by atoms with van der Waals surface area (Å²) in [7, 11) is 0. The second-order valence-corrected chi connectivity index (χ2v) is 8.14. The number of amides is 2. The number of hydrogen-bond acceptors (Lipinski definition) is 2. The molecule has 4 nitrogen and oxygen atoms in total. The van der Waals surface area contributed by atoms with Crippen molar-refractivity contribution in [2.75, 3.05) is 6.54 Å². The molecule has 1 N–H and O–H groups in total. The zero-order valence-corrected chi connectivity index (χ0v) is 19.2. The van der Waals surface area contributed by atoms with Crippen LogP contribution in [0.25, 0.3) is 0 Å². The number of hydrogen-bond donors (Lipinski definition) is 1. The first-order valence-electron chi connectivity index (χ1n) is 10.5. The smallest absolute Gasteiger partial charge is 0.242 e. The van der Waals surface area contributed by atoms with Gasteiger partial charge in [-0.3, -0.25) is 9.59 Å². The van der Waals surface area contributed by atoms with Crippen LogP contribution in [0.15, 0.2) is 48.5 Å². The highest BCUT2D eigenvalue weighted by atomic mass is 35.5. The monoisotopic (exact) mass is 448 g/mol.